The lowest BCUT2D eigenvalue weighted by Gasteiger charge is -2.29. The fourth-order valence-electron chi connectivity index (χ4n) is 2.56. The molecule has 1 aliphatic heterocycles. The van der Waals surface area contributed by atoms with Crippen LogP contribution in [0.5, 0.6) is 0 Å². The lowest BCUT2D eigenvalue weighted by atomic mass is 9.94. The van der Waals surface area contributed by atoms with Crippen LogP contribution in [0.3, 0.4) is 0 Å². The molecule has 0 aromatic heterocycles. The van der Waals surface area contributed by atoms with Gasteiger partial charge in [-0.25, -0.2) is 0 Å². The summed E-state index contributed by atoms with van der Waals surface area (Å²) in [4.78, 5) is 12.2. The minimum absolute atomic E-state index is 0. The molecule has 1 fully saturated rings. The van der Waals surface area contributed by atoms with Gasteiger partial charge >= 0.3 is 0 Å². The van der Waals surface area contributed by atoms with E-state index >= 15 is 0 Å². The molecular formula is C16H24BrClN2OS. The lowest BCUT2D eigenvalue weighted by molar-refractivity contribution is -0.123. The maximum Gasteiger partial charge on any atom is 0.222 e. The van der Waals surface area contributed by atoms with Gasteiger partial charge in [-0.1, -0.05) is 28.1 Å². The predicted molar refractivity (Wildman–Crippen MR) is 101 cm³/mol. The van der Waals surface area contributed by atoms with E-state index in [0.29, 0.717) is 12.5 Å². The van der Waals surface area contributed by atoms with Crippen LogP contribution in [-0.4, -0.2) is 35.5 Å². The van der Waals surface area contributed by atoms with Gasteiger partial charge in [0, 0.05) is 40.5 Å². The Bertz CT molecular complexity index is 476. The summed E-state index contributed by atoms with van der Waals surface area (Å²) in [7, 11) is 0. The van der Waals surface area contributed by atoms with Crippen molar-refractivity contribution in [1.82, 2.24) is 10.6 Å². The zero-order valence-corrected chi connectivity index (χ0v) is 16.2. The van der Waals surface area contributed by atoms with Crippen molar-refractivity contribution in [3.63, 3.8) is 0 Å². The summed E-state index contributed by atoms with van der Waals surface area (Å²) in [6, 6.07) is 8.58. The van der Waals surface area contributed by atoms with E-state index in [1.54, 1.807) is 0 Å². The highest BCUT2D eigenvalue weighted by atomic mass is 79.9. The fraction of sp³-hybridized carbons (Fsp3) is 0.562. The highest BCUT2D eigenvalue weighted by Crippen LogP contribution is 2.17. The summed E-state index contributed by atoms with van der Waals surface area (Å²) in [5.74, 6) is 2.31. The molecule has 6 heteroatoms. The first-order chi connectivity index (χ1) is 9.94. The van der Waals surface area contributed by atoms with E-state index in [1.165, 1.54) is 5.56 Å². The van der Waals surface area contributed by atoms with Gasteiger partial charge in [0.15, 0.2) is 0 Å². The number of hydrogen-bond acceptors (Lipinski definition) is 3. The largest absolute Gasteiger partial charge is 0.351 e. The standard InChI is InChI=1S/C16H23BrN2OS.ClH/c1-16(2,10-12-3-5-13(17)6-4-12)19-15(20)9-14-11-21-8-7-18-14;/h3-6,14,18H,7-11H2,1-2H3,(H,19,20);1H. The van der Waals surface area contributed by atoms with Crippen molar-refractivity contribution >= 4 is 46.0 Å². The van der Waals surface area contributed by atoms with Gasteiger partial charge in [0.05, 0.1) is 0 Å². The number of amides is 1. The average molecular weight is 408 g/mol. The number of rotatable bonds is 5. The Morgan fingerprint density at radius 1 is 1.41 bits per heavy atom. The van der Waals surface area contributed by atoms with Crippen LogP contribution in [0.2, 0.25) is 0 Å². The van der Waals surface area contributed by atoms with E-state index in [-0.39, 0.29) is 23.9 Å². The second-order valence-corrected chi connectivity index (χ2v) is 8.23. The summed E-state index contributed by atoms with van der Waals surface area (Å²) in [5.41, 5.74) is 1.00. The summed E-state index contributed by atoms with van der Waals surface area (Å²) in [5, 5.41) is 6.57. The van der Waals surface area contributed by atoms with Crippen LogP contribution in [0, 0.1) is 0 Å². The average Bonchev–Trinajstić information content (AvgIpc) is 2.41. The lowest BCUT2D eigenvalue weighted by Crippen LogP contribution is -2.48. The molecule has 0 aliphatic carbocycles. The summed E-state index contributed by atoms with van der Waals surface area (Å²) >= 11 is 5.36. The molecule has 0 spiro atoms. The Balaban J connectivity index is 0.00000242. The van der Waals surface area contributed by atoms with Crippen LogP contribution in [-0.2, 0) is 11.2 Å². The first-order valence-electron chi connectivity index (χ1n) is 7.31. The molecule has 1 heterocycles. The van der Waals surface area contributed by atoms with Crippen molar-refractivity contribution in [1.29, 1.82) is 0 Å². The van der Waals surface area contributed by atoms with Crippen LogP contribution in [0.25, 0.3) is 0 Å². The van der Waals surface area contributed by atoms with Gasteiger partial charge in [0.1, 0.15) is 0 Å². The first kappa shape index (κ1) is 19.8. The van der Waals surface area contributed by atoms with E-state index < -0.39 is 0 Å². The van der Waals surface area contributed by atoms with Gasteiger partial charge in [-0.15, -0.1) is 12.4 Å². The minimum atomic E-state index is -0.229. The smallest absolute Gasteiger partial charge is 0.222 e. The maximum absolute atomic E-state index is 12.2. The van der Waals surface area contributed by atoms with Crippen LogP contribution in [0.4, 0.5) is 0 Å². The molecule has 22 heavy (non-hydrogen) atoms. The number of carbonyl (C=O) groups is 1. The molecule has 0 bridgehead atoms. The second kappa shape index (κ2) is 9.16. The van der Waals surface area contributed by atoms with Crippen molar-refractivity contribution in [2.75, 3.05) is 18.1 Å². The SMILES string of the molecule is CC(C)(Cc1ccc(Br)cc1)NC(=O)CC1CSCCN1.Cl. The molecular weight excluding hydrogens is 384 g/mol. The topological polar surface area (TPSA) is 41.1 Å². The van der Waals surface area contributed by atoms with Gasteiger partial charge in [0.2, 0.25) is 5.91 Å². The Hall–Kier alpha value is -0.230. The Kier molecular flexibility index (Phi) is 8.25. The fourth-order valence-corrected chi connectivity index (χ4v) is 3.77. The highest BCUT2D eigenvalue weighted by molar-refractivity contribution is 9.10. The Morgan fingerprint density at radius 2 is 2.09 bits per heavy atom. The van der Waals surface area contributed by atoms with E-state index in [9.17, 15) is 4.79 Å². The van der Waals surface area contributed by atoms with E-state index in [4.69, 9.17) is 0 Å². The third kappa shape index (κ3) is 6.90. The van der Waals surface area contributed by atoms with Crippen molar-refractivity contribution in [3.8, 4) is 0 Å². The number of nitrogens with one attached hydrogen (secondary N) is 2. The molecule has 0 saturated carbocycles. The molecule has 1 amide bonds. The van der Waals surface area contributed by atoms with Crippen molar-refractivity contribution < 1.29 is 4.79 Å². The van der Waals surface area contributed by atoms with Gasteiger partial charge in [-0.3, -0.25) is 4.79 Å². The Labute approximate surface area is 151 Å². The van der Waals surface area contributed by atoms with E-state index in [0.717, 1.165) is 28.9 Å². The normalized spacial score (nSPS) is 18.4. The number of thioether (sulfide) groups is 1. The summed E-state index contributed by atoms with van der Waals surface area (Å²) in [6.07, 6.45) is 1.40. The zero-order valence-electron chi connectivity index (χ0n) is 13.0. The van der Waals surface area contributed by atoms with Crippen molar-refractivity contribution in [3.05, 3.63) is 34.3 Å². The van der Waals surface area contributed by atoms with E-state index in [1.807, 2.05) is 23.9 Å². The summed E-state index contributed by atoms with van der Waals surface area (Å²) in [6.45, 7) is 5.16. The van der Waals surface area contributed by atoms with Crippen molar-refractivity contribution in [2.45, 2.75) is 38.3 Å². The van der Waals surface area contributed by atoms with Gasteiger partial charge in [0.25, 0.3) is 0 Å². The predicted octanol–water partition coefficient (Wildman–Crippen LogP) is 3.40. The third-order valence-corrected chi connectivity index (χ3v) is 5.13. The van der Waals surface area contributed by atoms with Crippen LogP contribution < -0.4 is 10.6 Å². The number of carbonyl (C=O) groups excluding carboxylic acids is 1. The Morgan fingerprint density at radius 3 is 2.68 bits per heavy atom. The molecule has 2 rings (SSSR count). The van der Waals surface area contributed by atoms with Crippen LogP contribution in [0.1, 0.15) is 25.8 Å². The molecule has 1 saturated heterocycles. The molecule has 0 radical (unpaired) electrons. The van der Waals surface area contributed by atoms with Crippen LogP contribution in [0.15, 0.2) is 28.7 Å². The minimum Gasteiger partial charge on any atom is -0.351 e. The monoisotopic (exact) mass is 406 g/mol. The van der Waals surface area contributed by atoms with Gasteiger partial charge < -0.3 is 10.6 Å². The van der Waals surface area contributed by atoms with Gasteiger partial charge in [-0.05, 0) is 38.0 Å². The van der Waals surface area contributed by atoms with Gasteiger partial charge in [-0.2, -0.15) is 11.8 Å². The number of benzene rings is 1. The highest BCUT2D eigenvalue weighted by Gasteiger charge is 2.23. The molecule has 3 nitrogen and oxygen atoms in total. The molecule has 1 unspecified atom stereocenters. The van der Waals surface area contributed by atoms with Crippen molar-refractivity contribution in [2.24, 2.45) is 0 Å². The number of hydrogen-bond donors (Lipinski definition) is 2. The first-order valence-corrected chi connectivity index (χ1v) is 9.26. The second-order valence-electron chi connectivity index (χ2n) is 6.17. The third-order valence-electron chi connectivity index (χ3n) is 3.47. The quantitative estimate of drug-likeness (QED) is 0.786. The maximum atomic E-state index is 12.2. The number of halogens is 2. The summed E-state index contributed by atoms with van der Waals surface area (Å²) < 4.78 is 1.08. The molecule has 2 N–H and O–H groups in total. The molecule has 1 aromatic rings. The van der Waals surface area contributed by atoms with E-state index in [2.05, 4.69) is 52.5 Å². The molecule has 1 aromatic carbocycles. The molecule has 124 valence electrons. The zero-order chi connectivity index (χ0) is 15.3. The van der Waals surface area contributed by atoms with Crippen LogP contribution >= 0.6 is 40.1 Å². The molecule has 1 aliphatic rings. The molecule has 1 atom stereocenters.